The van der Waals surface area contributed by atoms with Gasteiger partial charge in [-0.2, -0.15) is 18.8 Å². The number of rotatable bonds is 3. The fraction of sp³-hybridized carbons (Fsp3) is 0.0909. The second-order valence-corrected chi connectivity index (χ2v) is 15.0. The smallest absolute Gasteiger partial charge is 0.135 e. The third-order valence-electron chi connectivity index (χ3n) is 8.07. The minimum atomic E-state index is -1.90. The first-order chi connectivity index (χ1) is 19.0. The molecule has 0 bridgehead atoms. The van der Waals surface area contributed by atoms with Crippen LogP contribution in [0.4, 0.5) is 17.1 Å². The van der Waals surface area contributed by atoms with Crippen LogP contribution in [0.5, 0.6) is 11.5 Å². The van der Waals surface area contributed by atoms with E-state index in [1.807, 2.05) is 30.5 Å². The Labute approximate surface area is 248 Å². The Balaban J connectivity index is 0.00000264. The van der Waals surface area contributed by atoms with Gasteiger partial charge in [-0.1, -0.05) is 60.7 Å². The molecular formula is C33H25N4OPtSi-3. The topological polar surface area (TPSA) is 33.5 Å². The number of fused-ring (bicyclic) bond motifs is 5. The van der Waals surface area contributed by atoms with Gasteiger partial charge < -0.3 is 19.1 Å². The van der Waals surface area contributed by atoms with E-state index in [1.54, 1.807) is 0 Å². The molecule has 5 nitrogen and oxygen atoms in total. The molecule has 4 aromatic carbocycles. The van der Waals surface area contributed by atoms with Crippen molar-refractivity contribution in [3.05, 3.63) is 110 Å². The summed E-state index contributed by atoms with van der Waals surface area (Å²) in [5, 5.41) is 5.10. The van der Waals surface area contributed by atoms with Gasteiger partial charge in [0.25, 0.3) is 0 Å². The molecule has 2 aliphatic rings. The number of nitrogens with zero attached hydrogens (tertiary/aromatic N) is 4. The molecule has 4 heterocycles. The molecule has 0 atom stereocenters. The van der Waals surface area contributed by atoms with Gasteiger partial charge >= 0.3 is 0 Å². The third-order valence-corrected chi connectivity index (χ3v) is 11.6. The monoisotopic (exact) mass is 716 g/mol. The standard InChI is InChI=1S/C33H25N4OSi.Pt/c1-35-21-36-29-20-23(15-17-30(29)39(2,3)31-12-8-11-27(35)33(31)36)38-22-14-16-25-24-9-4-5-10-26(24)37(28(25)19-22)32-13-6-7-18-34-32;/h4-18,21H,1-3H3;/q-3;. The van der Waals surface area contributed by atoms with E-state index >= 15 is 0 Å². The van der Waals surface area contributed by atoms with E-state index in [4.69, 9.17) is 4.74 Å². The Morgan fingerprint density at radius 3 is 2.45 bits per heavy atom. The van der Waals surface area contributed by atoms with Crippen molar-refractivity contribution in [3.63, 3.8) is 0 Å². The maximum absolute atomic E-state index is 6.45. The molecule has 0 N–H and O–H groups in total. The summed E-state index contributed by atoms with van der Waals surface area (Å²) in [5.41, 5.74) is 5.63. The zero-order valence-corrected chi connectivity index (χ0v) is 25.5. The number of para-hydroxylation sites is 2. The van der Waals surface area contributed by atoms with Crippen LogP contribution in [-0.4, -0.2) is 24.7 Å². The van der Waals surface area contributed by atoms with Gasteiger partial charge in [-0.15, -0.1) is 34.8 Å². The Morgan fingerprint density at radius 2 is 1.60 bits per heavy atom. The van der Waals surface area contributed by atoms with E-state index in [-0.39, 0.29) is 21.1 Å². The largest absolute Gasteiger partial charge is 0.509 e. The molecule has 0 spiro atoms. The van der Waals surface area contributed by atoms with Gasteiger partial charge in [0.15, 0.2) is 0 Å². The van der Waals surface area contributed by atoms with Crippen LogP contribution in [0, 0.1) is 18.8 Å². The quantitative estimate of drug-likeness (QED) is 0.157. The van der Waals surface area contributed by atoms with E-state index in [9.17, 15) is 0 Å². The van der Waals surface area contributed by atoms with Gasteiger partial charge in [-0.3, -0.25) is 0 Å². The summed E-state index contributed by atoms with van der Waals surface area (Å²) in [6, 6.07) is 36.6. The fourth-order valence-electron chi connectivity index (χ4n) is 6.17. The predicted molar refractivity (Wildman–Crippen MR) is 161 cm³/mol. The molecule has 2 aliphatic heterocycles. The second-order valence-electron chi connectivity index (χ2n) is 10.7. The molecule has 6 aromatic rings. The van der Waals surface area contributed by atoms with Crippen molar-refractivity contribution < 1.29 is 25.8 Å². The molecule has 0 radical (unpaired) electrons. The molecule has 8 rings (SSSR count). The number of hydrogen-bond donors (Lipinski definition) is 0. The summed E-state index contributed by atoms with van der Waals surface area (Å²) >= 11 is 0. The van der Waals surface area contributed by atoms with Gasteiger partial charge in [0.05, 0.1) is 8.07 Å². The number of aromatic nitrogens is 2. The van der Waals surface area contributed by atoms with Crippen LogP contribution in [0.25, 0.3) is 27.6 Å². The van der Waals surface area contributed by atoms with Crippen molar-refractivity contribution in [2.24, 2.45) is 0 Å². The molecule has 0 unspecified atom stereocenters. The summed E-state index contributed by atoms with van der Waals surface area (Å²) in [4.78, 5) is 9.10. The summed E-state index contributed by atoms with van der Waals surface area (Å²) in [6.07, 6.45) is 1.82. The van der Waals surface area contributed by atoms with Crippen LogP contribution < -0.4 is 24.9 Å². The molecule has 0 aliphatic carbocycles. The maximum Gasteiger partial charge on any atom is 0.135 e. The molecule has 0 amide bonds. The molecule has 2 aromatic heterocycles. The van der Waals surface area contributed by atoms with Crippen LogP contribution >= 0.6 is 0 Å². The first-order valence-corrected chi connectivity index (χ1v) is 16.1. The summed E-state index contributed by atoms with van der Waals surface area (Å²) in [6.45, 7) is 6.99. The van der Waals surface area contributed by atoms with E-state index < -0.39 is 8.07 Å². The molecular weight excluding hydrogens is 692 g/mol. The van der Waals surface area contributed by atoms with Crippen molar-refractivity contribution in [1.82, 2.24) is 9.55 Å². The van der Waals surface area contributed by atoms with Crippen LogP contribution in [0.3, 0.4) is 0 Å². The van der Waals surface area contributed by atoms with E-state index in [0.717, 1.165) is 33.3 Å². The normalized spacial score (nSPS) is 14.7. The number of benzene rings is 4. The minimum Gasteiger partial charge on any atom is -0.509 e. The van der Waals surface area contributed by atoms with Crippen LogP contribution in [0.1, 0.15) is 0 Å². The second kappa shape index (κ2) is 9.08. The zero-order chi connectivity index (χ0) is 26.3. The van der Waals surface area contributed by atoms with Crippen molar-refractivity contribution in [3.8, 4) is 17.3 Å². The van der Waals surface area contributed by atoms with Crippen LogP contribution in [0.15, 0.2) is 91.1 Å². The summed E-state index contributed by atoms with van der Waals surface area (Å²) in [5.74, 6) is 2.18. The Bertz CT molecular complexity index is 1930. The first kappa shape index (κ1) is 25.1. The van der Waals surface area contributed by atoms with E-state index in [2.05, 4.69) is 119 Å². The number of ether oxygens (including phenoxy) is 1. The van der Waals surface area contributed by atoms with E-state index in [0.29, 0.717) is 11.5 Å². The molecule has 200 valence electrons. The van der Waals surface area contributed by atoms with Gasteiger partial charge in [-0.05, 0) is 41.9 Å². The molecule has 0 fully saturated rings. The summed E-state index contributed by atoms with van der Waals surface area (Å²) in [7, 11) is 0.202. The first-order valence-electron chi connectivity index (χ1n) is 13.1. The predicted octanol–water partition coefficient (Wildman–Crippen LogP) is 6.41. The fourth-order valence-corrected chi connectivity index (χ4v) is 9.09. The molecule has 0 saturated carbocycles. The Morgan fingerprint density at radius 1 is 0.800 bits per heavy atom. The van der Waals surface area contributed by atoms with Gasteiger partial charge in [0.2, 0.25) is 0 Å². The molecule has 40 heavy (non-hydrogen) atoms. The van der Waals surface area contributed by atoms with Crippen molar-refractivity contribution in [2.45, 2.75) is 13.1 Å². The maximum atomic E-state index is 6.45. The Hall–Kier alpha value is -3.86. The van der Waals surface area contributed by atoms with Gasteiger partial charge in [-0.25, -0.2) is 4.98 Å². The SMILES string of the molecule is CN1[CH-]N2c3[c-]c(Oc4[c-]c5c(cc4)c4ccccc4n5-c4ccccn4)ccc3[Si](C)(C)c3cccc1c32.[Pt]. The average Bonchev–Trinajstić information content (AvgIpc) is 3.47. The number of hydrogen-bond acceptors (Lipinski definition) is 4. The van der Waals surface area contributed by atoms with Crippen LogP contribution in [0.2, 0.25) is 13.1 Å². The van der Waals surface area contributed by atoms with Crippen LogP contribution in [-0.2, 0) is 21.1 Å². The van der Waals surface area contributed by atoms with Gasteiger partial charge in [0.1, 0.15) is 5.82 Å². The number of pyridine rings is 1. The third kappa shape index (κ3) is 3.52. The van der Waals surface area contributed by atoms with Crippen molar-refractivity contribution >= 4 is 57.3 Å². The van der Waals surface area contributed by atoms with Crippen molar-refractivity contribution in [1.29, 1.82) is 0 Å². The average molecular weight is 717 g/mol. The van der Waals surface area contributed by atoms with Crippen molar-refractivity contribution in [2.75, 3.05) is 16.8 Å². The Kier molecular flexibility index (Phi) is 5.71. The number of anilines is 3. The zero-order valence-electron chi connectivity index (χ0n) is 22.3. The molecule has 7 heteroatoms. The summed E-state index contributed by atoms with van der Waals surface area (Å²) < 4.78 is 8.60. The minimum absolute atomic E-state index is 0. The van der Waals surface area contributed by atoms with Gasteiger partial charge in [0, 0.05) is 55.7 Å². The van der Waals surface area contributed by atoms with E-state index in [1.165, 1.54) is 21.7 Å². The molecule has 0 saturated heterocycles.